The molecule has 0 spiro atoms. The van der Waals surface area contributed by atoms with Crippen LogP contribution in [0.5, 0.6) is 5.75 Å². The Kier molecular flexibility index (Phi) is 6.92. The van der Waals surface area contributed by atoms with Crippen LogP contribution < -0.4 is 0 Å². The lowest BCUT2D eigenvalue weighted by atomic mass is 10.1. The van der Waals surface area contributed by atoms with Crippen molar-refractivity contribution in [3.8, 4) is 5.75 Å². The Morgan fingerprint density at radius 3 is 2.35 bits per heavy atom. The molecular formula is C13H21O3Si. The van der Waals surface area contributed by atoms with E-state index in [9.17, 15) is 5.11 Å². The predicted octanol–water partition coefficient (Wildman–Crippen LogP) is 2.89. The predicted molar refractivity (Wildman–Crippen MR) is 70.2 cm³/mol. The highest BCUT2D eigenvalue weighted by atomic mass is 28.3. The van der Waals surface area contributed by atoms with Crippen LogP contribution in [0.1, 0.15) is 25.8 Å². The zero-order valence-corrected chi connectivity index (χ0v) is 11.6. The third-order valence-corrected chi connectivity index (χ3v) is 4.41. The molecule has 1 rings (SSSR count). The molecule has 1 aromatic carbocycles. The first-order chi connectivity index (χ1) is 8.27. The Morgan fingerprint density at radius 1 is 1.12 bits per heavy atom. The second kappa shape index (κ2) is 8.28. The Morgan fingerprint density at radius 2 is 1.76 bits per heavy atom. The Bertz CT molecular complexity index is 311. The summed E-state index contributed by atoms with van der Waals surface area (Å²) < 4.78 is 11.1. The van der Waals surface area contributed by atoms with Gasteiger partial charge < -0.3 is 14.0 Å². The van der Waals surface area contributed by atoms with E-state index in [0.717, 1.165) is 24.4 Å². The fraction of sp³-hybridized carbons (Fsp3) is 0.538. The molecule has 0 heterocycles. The second-order valence-electron chi connectivity index (χ2n) is 3.72. The molecule has 17 heavy (non-hydrogen) atoms. The lowest BCUT2D eigenvalue weighted by molar-refractivity contribution is 0.213. The maximum absolute atomic E-state index is 9.63. The summed E-state index contributed by atoms with van der Waals surface area (Å²) >= 11 is 0. The molecule has 95 valence electrons. The lowest BCUT2D eigenvalue weighted by Gasteiger charge is -2.13. The van der Waals surface area contributed by atoms with Gasteiger partial charge in [-0.2, -0.15) is 0 Å². The van der Waals surface area contributed by atoms with Gasteiger partial charge in [0.2, 0.25) is 0 Å². The van der Waals surface area contributed by atoms with E-state index in [1.165, 1.54) is 0 Å². The molecule has 0 saturated carbocycles. The van der Waals surface area contributed by atoms with E-state index in [0.29, 0.717) is 19.0 Å². The van der Waals surface area contributed by atoms with E-state index in [1.807, 2.05) is 32.0 Å². The van der Waals surface area contributed by atoms with Crippen LogP contribution in [0.25, 0.3) is 0 Å². The minimum Gasteiger partial charge on any atom is -0.508 e. The van der Waals surface area contributed by atoms with Gasteiger partial charge in [-0.1, -0.05) is 18.2 Å². The molecule has 1 radical (unpaired) electrons. The van der Waals surface area contributed by atoms with Crippen LogP contribution in [0.4, 0.5) is 0 Å². The normalized spacial score (nSPS) is 11.0. The molecule has 1 aromatic rings. The monoisotopic (exact) mass is 253 g/mol. The quantitative estimate of drug-likeness (QED) is 0.724. The molecule has 0 bridgehead atoms. The van der Waals surface area contributed by atoms with Gasteiger partial charge in [-0.25, -0.2) is 0 Å². The van der Waals surface area contributed by atoms with Gasteiger partial charge in [0, 0.05) is 13.2 Å². The largest absolute Gasteiger partial charge is 0.508 e. The smallest absolute Gasteiger partial charge is 0.384 e. The second-order valence-corrected chi connectivity index (χ2v) is 5.54. The summed E-state index contributed by atoms with van der Waals surface area (Å²) in [6, 6.07) is 8.44. The van der Waals surface area contributed by atoms with Gasteiger partial charge in [0.25, 0.3) is 0 Å². The lowest BCUT2D eigenvalue weighted by Crippen LogP contribution is -2.22. The van der Waals surface area contributed by atoms with Gasteiger partial charge in [-0.15, -0.1) is 0 Å². The molecule has 1 N–H and O–H groups in total. The van der Waals surface area contributed by atoms with Crippen molar-refractivity contribution < 1.29 is 14.0 Å². The zero-order valence-electron chi connectivity index (χ0n) is 10.6. The third kappa shape index (κ3) is 5.34. The van der Waals surface area contributed by atoms with Crippen LogP contribution in [0.3, 0.4) is 0 Å². The Balaban J connectivity index is 2.33. The number of aromatic hydroxyl groups is 1. The summed E-state index contributed by atoms with van der Waals surface area (Å²) in [5.74, 6) is 0.383. The number of hydrogen-bond acceptors (Lipinski definition) is 3. The summed E-state index contributed by atoms with van der Waals surface area (Å²) in [5, 5.41) is 9.63. The standard InChI is InChI=1S/C13H21O3Si/c1-3-15-17(16-4-2)11-7-9-12-8-5-6-10-13(12)14/h5-6,8,10,14H,3-4,7,9,11H2,1-2H3. The first-order valence-electron chi connectivity index (χ1n) is 6.16. The maximum Gasteiger partial charge on any atom is 0.384 e. The van der Waals surface area contributed by atoms with E-state index in [2.05, 4.69) is 0 Å². The zero-order chi connectivity index (χ0) is 12.5. The van der Waals surface area contributed by atoms with Gasteiger partial charge in [-0.3, -0.25) is 0 Å². The van der Waals surface area contributed by atoms with E-state index in [1.54, 1.807) is 6.07 Å². The molecule has 0 fully saturated rings. The Labute approximate surface area is 105 Å². The molecule has 0 aliphatic rings. The molecule has 0 unspecified atom stereocenters. The van der Waals surface area contributed by atoms with Crippen molar-refractivity contribution in [3.05, 3.63) is 29.8 Å². The third-order valence-electron chi connectivity index (χ3n) is 2.43. The van der Waals surface area contributed by atoms with Crippen LogP contribution >= 0.6 is 0 Å². The molecule has 3 nitrogen and oxygen atoms in total. The van der Waals surface area contributed by atoms with Crippen LogP contribution in [-0.4, -0.2) is 27.6 Å². The van der Waals surface area contributed by atoms with Gasteiger partial charge in [0.15, 0.2) is 0 Å². The molecule has 4 heteroatoms. The van der Waals surface area contributed by atoms with E-state index in [-0.39, 0.29) is 0 Å². The number of phenols is 1. The number of phenolic OH excluding ortho intramolecular Hbond substituents is 1. The maximum atomic E-state index is 9.63. The van der Waals surface area contributed by atoms with Crippen LogP contribution in [0, 0.1) is 0 Å². The summed E-state index contributed by atoms with van der Waals surface area (Å²) in [6.45, 7) is 5.41. The van der Waals surface area contributed by atoms with Crippen molar-refractivity contribution in [2.45, 2.75) is 32.7 Å². The number of aryl methyl sites for hydroxylation is 1. The van der Waals surface area contributed by atoms with Crippen LogP contribution in [0.15, 0.2) is 24.3 Å². The Hall–Kier alpha value is -0.843. The van der Waals surface area contributed by atoms with Crippen molar-refractivity contribution in [1.29, 1.82) is 0 Å². The summed E-state index contributed by atoms with van der Waals surface area (Å²) in [6.07, 6.45) is 1.87. The summed E-state index contributed by atoms with van der Waals surface area (Å²) in [5.41, 5.74) is 1.00. The highest BCUT2D eigenvalue weighted by molar-refractivity contribution is 6.44. The van der Waals surface area contributed by atoms with Crippen molar-refractivity contribution in [2.24, 2.45) is 0 Å². The molecule has 0 amide bonds. The number of para-hydroxylation sites is 1. The first-order valence-corrected chi connectivity index (χ1v) is 7.68. The molecule has 0 aliphatic carbocycles. The molecular weight excluding hydrogens is 232 g/mol. The topological polar surface area (TPSA) is 38.7 Å². The minimum absolute atomic E-state index is 0.383. The molecule has 0 saturated heterocycles. The highest BCUT2D eigenvalue weighted by Gasteiger charge is 2.14. The van der Waals surface area contributed by atoms with Crippen molar-refractivity contribution in [2.75, 3.05) is 13.2 Å². The van der Waals surface area contributed by atoms with Gasteiger partial charge >= 0.3 is 9.28 Å². The average molecular weight is 253 g/mol. The average Bonchev–Trinajstić information content (AvgIpc) is 2.32. The molecule has 0 aliphatic heterocycles. The van der Waals surface area contributed by atoms with Crippen molar-refractivity contribution in [3.63, 3.8) is 0 Å². The molecule has 0 atom stereocenters. The molecule has 0 aromatic heterocycles. The fourth-order valence-corrected chi connectivity index (χ4v) is 3.13. The van der Waals surface area contributed by atoms with E-state index >= 15 is 0 Å². The highest BCUT2D eigenvalue weighted by Crippen LogP contribution is 2.18. The summed E-state index contributed by atoms with van der Waals surface area (Å²) in [4.78, 5) is 0. The SMILES string of the molecule is CCO[Si](CCCc1ccccc1O)OCC. The fourth-order valence-electron chi connectivity index (χ4n) is 1.65. The van der Waals surface area contributed by atoms with Crippen molar-refractivity contribution in [1.82, 2.24) is 0 Å². The number of hydrogen-bond donors (Lipinski definition) is 1. The first kappa shape index (κ1) is 14.2. The van der Waals surface area contributed by atoms with Crippen LogP contribution in [-0.2, 0) is 15.3 Å². The van der Waals surface area contributed by atoms with Crippen LogP contribution in [0.2, 0.25) is 6.04 Å². The van der Waals surface area contributed by atoms with E-state index < -0.39 is 9.28 Å². The van der Waals surface area contributed by atoms with E-state index in [4.69, 9.17) is 8.85 Å². The number of rotatable bonds is 8. The van der Waals surface area contributed by atoms with Gasteiger partial charge in [-0.05, 0) is 44.4 Å². The minimum atomic E-state index is -1.11. The van der Waals surface area contributed by atoms with Gasteiger partial charge in [0.05, 0.1) is 0 Å². The summed E-state index contributed by atoms with van der Waals surface area (Å²) in [7, 11) is -1.11. The van der Waals surface area contributed by atoms with Gasteiger partial charge in [0.1, 0.15) is 5.75 Å². The number of benzene rings is 1. The van der Waals surface area contributed by atoms with Crippen molar-refractivity contribution >= 4 is 9.28 Å².